The molecule has 3 heterocycles. The van der Waals surface area contributed by atoms with Crippen molar-refractivity contribution < 1.29 is 9.05 Å². The van der Waals surface area contributed by atoms with E-state index in [0.29, 0.717) is 6.54 Å². The average molecular weight is 356 g/mol. The molecule has 0 atom stereocenters. The molecule has 4 rings (SSSR count). The first-order valence-electron chi connectivity index (χ1n) is 7.68. The average Bonchev–Trinajstić information content (AvgIpc) is 3.30. The van der Waals surface area contributed by atoms with Gasteiger partial charge in [0.05, 0.1) is 6.54 Å². The maximum Gasteiger partial charge on any atom is 0.198 e. The summed E-state index contributed by atoms with van der Waals surface area (Å²) in [6.07, 6.45) is 1.67. The molecule has 1 aromatic carbocycles. The molecule has 0 fully saturated rings. The Morgan fingerprint density at radius 1 is 1.12 bits per heavy atom. The second kappa shape index (κ2) is 6.69. The van der Waals surface area contributed by atoms with Gasteiger partial charge in [-0.1, -0.05) is 6.07 Å². The van der Waals surface area contributed by atoms with Crippen molar-refractivity contribution in [1.82, 2.24) is 30.0 Å². The van der Waals surface area contributed by atoms with E-state index in [1.165, 1.54) is 11.8 Å². The summed E-state index contributed by atoms with van der Waals surface area (Å²) in [5.41, 5.74) is 2.68. The van der Waals surface area contributed by atoms with Gasteiger partial charge in [-0.3, -0.25) is 4.90 Å². The van der Waals surface area contributed by atoms with Crippen LogP contribution in [0.15, 0.2) is 56.0 Å². The Morgan fingerprint density at radius 2 is 2.00 bits per heavy atom. The van der Waals surface area contributed by atoms with Crippen molar-refractivity contribution >= 4 is 22.8 Å². The number of furan rings is 1. The van der Waals surface area contributed by atoms with Gasteiger partial charge >= 0.3 is 0 Å². The Morgan fingerprint density at radius 3 is 2.84 bits per heavy atom. The van der Waals surface area contributed by atoms with Gasteiger partial charge in [0.15, 0.2) is 10.2 Å². The predicted molar refractivity (Wildman–Crippen MR) is 90.8 cm³/mol. The molecule has 9 heteroatoms. The summed E-state index contributed by atoms with van der Waals surface area (Å²) in [6, 6.07) is 9.87. The van der Waals surface area contributed by atoms with E-state index in [0.717, 1.165) is 39.2 Å². The third kappa shape index (κ3) is 3.57. The number of hydrogen-bond donors (Lipinski definition) is 0. The first kappa shape index (κ1) is 15.9. The summed E-state index contributed by atoms with van der Waals surface area (Å²) in [4.78, 5) is 2.17. The van der Waals surface area contributed by atoms with Crippen LogP contribution in [0, 0.1) is 0 Å². The highest BCUT2D eigenvalue weighted by atomic mass is 32.2. The van der Waals surface area contributed by atoms with Crippen molar-refractivity contribution in [2.75, 3.05) is 7.05 Å². The van der Waals surface area contributed by atoms with Crippen LogP contribution in [0.2, 0.25) is 0 Å². The highest BCUT2D eigenvalue weighted by molar-refractivity contribution is 7.99. The van der Waals surface area contributed by atoms with E-state index in [2.05, 4.69) is 25.4 Å². The summed E-state index contributed by atoms with van der Waals surface area (Å²) in [5.74, 6) is 0.899. The molecule has 0 radical (unpaired) electrons. The molecule has 0 bridgehead atoms. The molecular formula is C16H16N6O2S. The lowest BCUT2D eigenvalue weighted by Gasteiger charge is -2.14. The quantitative estimate of drug-likeness (QED) is 0.521. The Hall–Kier alpha value is -2.65. The Bertz CT molecular complexity index is 991. The maximum absolute atomic E-state index is 5.88. The highest BCUT2D eigenvalue weighted by Gasteiger charge is 2.11. The van der Waals surface area contributed by atoms with E-state index in [1.54, 1.807) is 6.33 Å². The normalized spacial score (nSPS) is 11.6. The molecule has 0 amide bonds. The summed E-state index contributed by atoms with van der Waals surface area (Å²) < 4.78 is 12.5. The van der Waals surface area contributed by atoms with Crippen molar-refractivity contribution in [3.63, 3.8) is 0 Å². The summed E-state index contributed by atoms with van der Waals surface area (Å²) in [6.45, 7) is 1.48. The lowest BCUT2D eigenvalue weighted by Crippen LogP contribution is -2.16. The molecule has 128 valence electrons. The minimum Gasteiger partial charge on any atom is -0.453 e. The number of nitrogens with zero attached hydrogens (tertiary/aromatic N) is 6. The molecular weight excluding hydrogens is 340 g/mol. The molecule has 0 saturated carbocycles. The van der Waals surface area contributed by atoms with E-state index in [1.807, 2.05) is 49.0 Å². The number of hydrogen-bond acceptors (Lipinski definition) is 8. The third-order valence-electron chi connectivity index (χ3n) is 3.70. The number of fused-ring (bicyclic) bond motifs is 1. The number of aryl methyl sites for hydroxylation is 1. The molecule has 8 nitrogen and oxygen atoms in total. The van der Waals surface area contributed by atoms with Gasteiger partial charge in [-0.2, -0.15) is 0 Å². The standard InChI is InChI=1S/C16H16N6O2S/c1-21(8-11-3-5-13-14(7-11)20-24-19-13)9-12-4-6-15(23-12)25-16-18-17-10-22(16)2/h3-7,10H,8-9H2,1-2H3. The van der Waals surface area contributed by atoms with Gasteiger partial charge in [0.2, 0.25) is 0 Å². The Labute approximate surface area is 147 Å². The minimum absolute atomic E-state index is 0.703. The van der Waals surface area contributed by atoms with E-state index in [4.69, 9.17) is 9.05 Å². The van der Waals surface area contributed by atoms with Gasteiger partial charge < -0.3 is 8.98 Å². The van der Waals surface area contributed by atoms with Crippen molar-refractivity contribution in [3.8, 4) is 0 Å². The molecule has 3 aromatic heterocycles. The van der Waals surface area contributed by atoms with Gasteiger partial charge in [-0.05, 0) is 59.0 Å². The molecule has 0 aliphatic rings. The summed E-state index contributed by atoms with van der Waals surface area (Å²) in [5, 5.41) is 17.2. The second-order valence-corrected chi connectivity index (χ2v) is 6.78. The highest BCUT2D eigenvalue weighted by Crippen LogP contribution is 2.27. The molecule has 0 aliphatic heterocycles. The van der Waals surface area contributed by atoms with Crippen LogP contribution in [0.4, 0.5) is 0 Å². The first-order valence-corrected chi connectivity index (χ1v) is 8.49. The molecule has 4 aromatic rings. The summed E-state index contributed by atoms with van der Waals surface area (Å²) in [7, 11) is 3.95. The van der Waals surface area contributed by atoms with Crippen molar-refractivity contribution in [2.45, 2.75) is 23.3 Å². The molecule has 0 unspecified atom stereocenters. The van der Waals surface area contributed by atoms with Crippen LogP contribution < -0.4 is 0 Å². The third-order valence-corrected chi connectivity index (χ3v) is 4.67. The van der Waals surface area contributed by atoms with Crippen LogP contribution in [0.5, 0.6) is 0 Å². The molecule has 0 aliphatic carbocycles. The van der Waals surface area contributed by atoms with Crippen LogP contribution in [0.3, 0.4) is 0 Å². The molecule has 0 spiro atoms. The van der Waals surface area contributed by atoms with Crippen LogP contribution in [-0.2, 0) is 20.1 Å². The maximum atomic E-state index is 5.88. The fourth-order valence-electron chi connectivity index (χ4n) is 2.51. The largest absolute Gasteiger partial charge is 0.453 e. The Kier molecular flexibility index (Phi) is 4.24. The zero-order valence-electron chi connectivity index (χ0n) is 13.8. The zero-order valence-corrected chi connectivity index (χ0v) is 14.6. The molecule has 0 N–H and O–H groups in total. The fourth-order valence-corrected chi connectivity index (χ4v) is 3.26. The van der Waals surface area contributed by atoms with Crippen LogP contribution in [0.1, 0.15) is 11.3 Å². The van der Waals surface area contributed by atoms with Crippen LogP contribution >= 0.6 is 11.8 Å². The minimum atomic E-state index is 0.703. The predicted octanol–water partition coefficient (Wildman–Crippen LogP) is 2.73. The van der Waals surface area contributed by atoms with Gasteiger partial charge in [0.1, 0.15) is 23.1 Å². The van der Waals surface area contributed by atoms with E-state index in [-0.39, 0.29) is 0 Å². The van der Waals surface area contributed by atoms with E-state index >= 15 is 0 Å². The topological polar surface area (TPSA) is 86.0 Å². The fraction of sp³-hybridized carbons (Fsp3) is 0.250. The van der Waals surface area contributed by atoms with E-state index < -0.39 is 0 Å². The lowest BCUT2D eigenvalue weighted by molar-refractivity contribution is 0.277. The number of benzene rings is 1. The first-order chi connectivity index (χ1) is 12.2. The van der Waals surface area contributed by atoms with Crippen molar-refractivity contribution in [1.29, 1.82) is 0 Å². The number of rotatable bonds is 6. The van der Waals surface area contributed by atoms with Crippen molar-refractivity contribution in [3.05, 3.63) is 48.0 Å². The van der Waals surface area contributed by atoms with Gasteiger partial charge in [-0.25, -0.2) is 4.63 Å². The van der Waals surface area contributed by atoms with Gasteiger partial charge in [0, 0.05) is 13.6 Å². The number of aromatic nitrogens is 5. The molecule has 0 saturated heterocycles. The zero-order chi connectivity index (χ0) is 17.2. The summed E-state index contributed by atoms with van der Waals surface area (Å²) >= 11 is 1.45. The second-order valence-electron chi connectivity index (χ2n) is 5.81. The van der Waals surface area contributed by atoms with Gasteiger partial charge in [-0.15, -0.1) is 10.2 Å². The Balaban J connectivity index is 1.39. The monoisotopic (exact) mass is 356 g/mol. The lowest BCUT2D eigenvalue weighted by atomic mass is 10.2. The van der Waals surface area contributed by atoms with Crippen LogP contribution in [0.25, 0.3) is 11.0 Å². The smallest absolute Gasteiger partial charge is 0.198 e. The SMILES string of the molecule is CN(Cc1ccc2nonc2c1)Cc1ccc(Sc2nncn2C)o1. The molecule has 25 heavy (non-hydrogen) atoms. The van der Waals surface area contributed by atoms with Gasteiger partial charge in [0.25, 0.3) is 0 Å². The van der Waals surface area contributed by atoms with Crippen LogP contribution in [-0.4, -0.2) is 37.0 Å². The van der Waals surface area contributed by atoms with Crippen molar-refractivity contribution in [2.24, 2.45) is 7.05 Å². The van der Waals surface area contributed by atoms with E-state index in [9.17, 15) is 0 Å².